The highest BCUT2D eigenvalue weighted by Crippen LogP contribution is 2.18. The van der Waals surface area contributed by atoms with E-state index in [1.54, 1.807) is 6.07 Å². The van der Waals surface area contributed by atoms with Crippen LogP contribution >= 0.6 is 0 Å². The number of rotatable bonds is 1. The number of nitrogens with zero attached hydrogens (tertiary/aromatic N) is 1. The van der Waals surface area contributed by atoms with Gasteiger partial charge in [-0.15, -0.1) is 0 Å². The molecule has 0 atom stereocenters. The minimum absolute atomic E-state index is 0.275. The molecule has 0 aliphatic rings. The molecule has 0 aliphatic heterocycles. The number of carbonyl (C=O) groups excluding carboxylic acids is 1. The highest BCUT2D eigenvalue weighted by molar-refractivity contribution is 5.92. The van der Waals surface area contributed by atoms with Gasteiger partial charge >= 0.3 is 0 Å². The number of aromatic nitrogens is 1. The largest absolute Gasteiger partial charge is 0.493 e. The molecule has 14 heavy (non-hydrogen) atoms. The molecular weight excluding hydrogens is 182 g/mol. The van der Waals surface area contributed by atoms with Gasteiger partial charge in [0.25, 0.3) is 5.91 Å². The zero-order chi connectivity index (χ0) is 10.6. The molecule has 5 heteroatoms. The Morgan fingerprint density at radius 2 is 2.36 bits per heavy atom. The van der Waals surface area contributed by atoms with Crippen LogP contribution in [-0.4, -0.2) is 18.0 Å². The topological polar surface area (TPSA) is 91.2 Å². The minimum atomic E-state index is -0.694. The second-order valence-electron chi connectivity index (χ2n) is 2.43. The Labute approximate surface area is 81.1 Å². The summed E-state index contributed by atoms with van der Waals surface area (Å²) >= 11 is 0. The normalized spacial score (nSPS) is 8.64. The first-order valence-corrected chi connectivity index (χ1v) is 3.74. The fraction of sp³-hybridized carbons (Fsp3) is 0.111. The number of primary amides is 1. The number of ether oxygens (including phenoxy) is 1. The molecular formula is C9H9N3O2. The summed E-state index contributed by atoms with van der Waals surface area (Å²) in [6.07, 6.45) is 1.44. The van der Waals surface area contributed by atoms with Crippen LogP contribution in [0.5, 0.6) is 5.75 Å². The summed E-state index contributed by atoms with van der Waals surface area (Å²) < 4.78 is 4.92. The van der Waals surface area contributed by atoms with Gasteiger partial charge in [0.2, 0.25) is 0 Å². The quantitative estimate of drug-likeness (QED) is 0.586. The van der Waals surface area contributed by atoms with E-state index < -0.39 is 5.91 Å². The van der Waals surface area contributed by atoms with Crippen LogP contribution in [0.25, 0.3) is 0 Å². The third kappa shape index (κ3) is 2.38. The Bertz CT molecular complexity index is 418. The SMILES string of the molecule is COc1cc(C#CC(N)=O)cnc1N. The third-order valence-corrected chi connectivity index (χ3v) is 1.43. The van der Waals surface area contributed by atoms with Crippen molar-refractivity contribution in [3.05, 3.63) is 17.8 Å². The zero-order valence-electron chi connectivity index (χ0n) is 7.57. The predicted molar refractivity (Wildman–Crippen MR) is 51.3 cm³/mol. The van der Waals surface area contributed by atoms with Crippen molar-refractivity contribution < 1.29 is 9.53 Å². The van der Waals surface area contributed by atoms with E-state index in [-0.39, 0.29) is 5.82 Å². The van der Waals surface area contributed by atoms with Crippen molar-refractivity contribution in [2.45, 2.75) is 0 Å². The molecule has 1 aromatic rings. The fourth-order valence-electron chi connectivity index (χ4n) is 0.821. The molecule has 0 aromatic carbocycles. The molecule has 0 unspecified atom stereocenters. The molecule has 0 aliphatic carbocycles. The van der Waals surface area contributed by atoms with Gasteiger partial charge in [0, 0.05) is 23.7 Å². The van der Waals surface area contributed by atoms with Gasteiger partial charge in [-0.2, -0.15) is 0 Å². The third-order valence-electron chi connectivity index (χ3n) is 1.43. The molecule has 1 aromatic heterocycles. The van der Waals surface area contributed by atoms with Crippen LogP contribution in [0.3, 0.4) is 0 Å². The second kappa shape index (κ2) is 4.14. The molecule has 0 radical (unpaired) electrons. The Morgan fingerprint density at radius 1 is 1.64 bits per heavy atom. The lowest BCUT2D eigenvalue weighted by atomic mass is 10.2. The maximum Gasteiger partial charge on any atom is 0.293 e. The monoisotopic (exact) mass is 191 g/mol. The Morgan fingerprint density at radius 3 is 2.93 bits per heavy atom. The van der Waals surface area contributed by atoms with Crippen LogP contribution < -0.4 is 16.2 Å². The molecule has 0 fully saturated rings. The Balaban J connectivity index is 3.03. The van der Waals surface area contributed by atoms with E-state index in [0.29, 0.717) is 11.3 Å². The maximum atomic E-state index is 10.4. The highest BCUT2D eigenvalue weighted by Gasteiger charge is 2.00. The van der Waals surface area contributed by atoms with E-state index in [2.05, 4.69) is 16.8 Å². The molecule has 0 bridgehead atoms. The number of nitrogen functional groups attached to an aromatic ring is 1. The minimum Gasteiger partial charge on any atom is -0.493 e. The molecule has 72 valence electrons. The van der Waals surface area contributed by atoms with Crippen LogP contribution in [0, 0.1) is 11.8 Å². The first-order chi connectivity index (χ1) is 6.63. The van der Waals surface area contributed by atoms with Gasteiger partial charge in [0.1, 0.15) is 0 Å². The number of carbonyl (C=O) groups is 1. The van der Waals surface area contributed by atoms with Gasteiger partial charge in [0.15, 0.2) is 11.6 Å². The van der Waals surface area contributed by atoms with Gasteiger partial charge in [-0.1, -0.05) is 5.92 Å². The van der Waals surface area contributed by atoms with Gasteiger partial charge in [0.05, 0.1) is 7.11 Å². The van der Waals surface area contributed by atoms with E-state index in [9.17, 15) is 4.79 Å². The number of amides is 1. The summed E-state index contributed by atoms with van der Waals surface area (Å²) in [6.45, 7) is 0. The average Bonchev–Trinajstić information content (AvgIpc) is 2.16. The summed E-state index contributed by atoms with van der Waals surface area (Å²) in [7, 11) is 1.47. The summed E-state index contributed by atoms with van der Waals surface area (Å²) in [6, 6.07) is 1.58. The standard InChI is InChI=1S/C9H9N3O2/c1-14-7-4-6(2-3-8(10)13)5-12-9(7)11/h4-5H,1H3,(H2,10,13)(H2,11,12). The average molecular weight is 191 g/mol. The fourth-order valence-corrected chi connectivity index (χ4v) is 0.821. The Kier molecular flexibility index (Phi) is 2.92. The lowest BCUT2D eigenvalue weighted by Gasteiger charge is -2.02. The van der Waals surface area contributed by atoms with Crippen molar-refractivity contribution in [3.8, 4) is 17.6 Å². The van der Waals surface area contributed by atoms with Crippen molar-refractivity contribution in [3.63, 3.8) is 0 Å². The Hall–Kier alpha value is -2.22. The second-order valence-corrected chi connectivity index (χ2v) is 2.43. The maximum absolute atomic E-state index is 10.4. The van der Waals surface area contributed by atoms with Crippen molar-refractivity contribution in [2.24, 2.45) is 5.73 Å². The molecule has 1 heterocycles. The van der Waals surface area contributed by atoms with E-state index in [0.717, 1.165) is 0 Å². The molecule has 1 rings (SSSR count). The number of pyridine rings is 1. The number of hydrogen-bond donors (Lipinski definition) is 2. The summed E-state index contributed by atoms with van der Waals surface area (Å²) in [5.41, 5.74) is 10.9. The van der Waals surface area contributed by atoms with Crippen molar-refractivity contribution in [2.75, 3.05) is 12.8 Å². The van der Waals surface area contributed by atoms with Crippen molar-refractivity contribution >= 4 is 11.7 Å². The zero-order valence-corrected chi connectivity index (χ0v) is 7.57. The van der Waals surface area contributed by atoms with Gasteiger partial charge < -0.3 is 16.2 Å². The van der Waals surface area contributed by atoms with Crippen molar-refractivity contribution in [1.82, 2.24) is 4.98 Å². The summed E-state index contributed by atoms with van der Waals surface area (Å²) in [4.78, 5) is 14.2. The lowest BCUT2D eigenvalue weighted by Crippen LogP contribution is -2.06. The van der Waals surface area contributed by atoms with Gasteiger partial charge in [-0.25, -0.2) is 4.98 Å². The summed E-state index contributed by atoms with van der Waals surface area (Å²) in [5, 5.41) is 0. The summed E-state index contributed by atoms with van der Waals surface area (Å²) in [5.74, 6) is 4.71. The van der Waals surface area contributed by atoms with Crippen LogP contribution in [0.4, 0.5) is 5.82 Å². The molecule has 0 saturated carbocycles. The van der Waals surface area contributed by atoms with E-state index in [1.165, 1.54) is 13.3 Å². The van der Waals surface area contributed by atoms with E-state index in [1.807, 2.05) is 0 Å². The number of anilines is 1. The molecule has 0 saturated heterocycles. The number of methoxy groups -OCH3 is 1. The van der Waals surface area contributed by atoms with Crippen LogP contribution in [0.1, 0.15) is 5.56 Å². The lowest BCUT2D eigenvalue weighted by molar-refractivity contribution is -0.112. The van der Waals surface area contributed by atoms with Crippen LogP contribution in [-0.2, 0) is 4.79 Å². The van der Waals surface area contributed by atoms with Gasteiger partial charge in [-0.05, 0) is 0 Å². The van der Waals surface area contributed by atoms with Crippen LogP contribution in [0.2, 0.25) is 0 Å². The first-order valence-electron chi connectivity index (χ1n) is 3.74. The highest BCUT2D eigenvalue weighted by atomic mass is 16.5. The molecule has 1 amide bonds. The van der Waals surface area contributed by atoms with Crippen molar-refractivity contribution in [1.29, 1.82) is 0 Å². The first kappa shape index (κ1) is 9.86. The predicted octanol–water partition coefficient (Wildman–Crippen LogP) is -0.491. The van der Waals surface area contributed by atoms with E-state index >= 15 is 0 Å². The molecule has 4 N–H and O–H groups in total. The number of hydrogen-bond acceptors (Lipinski definition) is 4. The molecule has 5 nitrogen and oxygen atoms in total. The number of nitrogens with two attached hydrogens (primary N) is 2. The van der Waals surface area contributed by atoms with E-state index in [4.69, 9.17) is 16.2 Å². The van der Waals surface area contributed by atoms with Gasteiger partial charge in [-0.3, -0.25) is 4.79 Å². The smallest absolute Gasteiger partial charge is 0.293 e. The molecule has 0 spiro atoms. The van der Waals surface area contributed by atoms with Crippen LogP contribution in [0.15, 0.2) is 12.3 Å².